The zero-order valence-electron chi connectivity index (χ0n) is 14.7. The highest BCUT2D eigenvalue weighted by atomic mass is 32.2. The number of amides is 1. The van der Waals surface area contributed by atoms with E-state index in [2.05, 4.69) is 10.3 Å². The number of hydrogen-bond donors (Lipinski definition) is 2. The Kier molecular flexibility index (Phi) is 4.46. The van der Waals surface area contributed by atoms with Crippen LogP contribution in [0.3, 0.4) is 0 Å². The second-order valence-corrected chi connectivity index (χ2v) is 9.00. The monoisotopic (exact) mass is 396 g/mol. The van der Waals surface area contributed by atoms with Gasteiger partial charge in [0.2, 0.25) is 0 Å². The Morgan fingerprint density at radius 2 is 1.85 bits per heavy atom. The van der Waals surface area contributed by atoms with Gasteiger partial charge in [-0.1, -0.05) is 19.1 Å². The molecule has 0 saturated heterocycles. The number of hydrogen-bond acceptors (Lipinski definition) is 4. The maximum Gasteiger partial charge on any atom is 0.261 e. The smallest absolute Gasteiger partial charge is 0.261 e. The van der Waals surface area contributed by atoms with E-state index in [-0.39, 0.29) is 22.6 Å². The van der Waals surface area contributed by atoms with Crippen molar-refractivity contribution in [2.24, 2.45) is 0 Å². The molecule has 1 fully saturated rings. The lowest BCUT2D eigenvalue weighted by Crippen LogP contribution is -2.24. The number of anilines is 1. The number of H-pyrrole nitrogens is 1. The highest BCUT2D eigenvalue weighted by molar-refractivity contribution is 7.91. The molecular formula is C18H18F2N2O4S. The van der Waals surface area contributed by atoms with Gasteiger partial charge in [-0.15, -0.1) is 0 Å². The van der Waals surface area contributed by atoms with Crippen LogP contribution in [0.1, 0.15) is 36.2 Å². The first-order valence-corrected chi connectivity index (χ1v) is 9.90. The quantitative estimate of drug-likeness (QED) is 0.812. The third-order valence-electron chi connectivity index (χ3n) is 4.90. The van der Waals surface area contributed by atoms with Crippen LogP contribution in [0.25, 0.3) is 0 Å². The van der Waals surface area contributed by atoms with E-state index >= 15 is 0 Å². The van der Waals surface area contributed by atoms with Crippen molar-refractivity contribution in [3.8, 4) is 0 Å². The summed E-state index contributed by atoms with van der Waals surface area (Å²) in [4.78, 5) is 26.3. The SMILES string of the molecule is CCS(=O)(=O)c1c[nH]c(=O)c(C(=O)Nc2ccc(C3(C)CC3(F)F)cc2)c1. The summed E-state index contributed by atoms with van der Waals surface area (Å²) in [5.74, 6) is -3.71. The number of carbonyl (C=O) groups is 1. The van der Waals surface area contributed by atoms with Crippen LogP contribution in [-0.4, -0.2) is 31.0 Å². The molecule has 2 N–H and O–H groups in total. The molecule has 144 valence electrons. The van der Waals surface area contributed by atoms with Crippen molar-refractivity contribution < 1.29 is 22.0 Å². The number of alkyl halides is 2. The number of nitrogens with one attached hydrogen (secondary N) is 2. The molecule has 1 aromatic heterocycles. The van der Waals surface area contributed by atoms with E-state index in [0.29, 0.717) is 11.3 Å². The van der Waals surface area contributed by atoms with Crippen LogP contribution in [0.15, 0.2) is 46.2 Å². The van der Waals surface area contributed by atoms with Gasteiger partial charge in [0.25, 0.3) is 17.4 Å². The number of sulfone groups is 1. The summed E-state index contributed by atoms with van der Waals surface area (Å²) in [5, 5.41) is 2.47. The van der Waals surface area contributed by atoms with Crippen LogP contribution >= 0.6 is 0 Å². The topological polar surface area (TPSA) is 96.1 Å². The Labute approximate surface area is 154 Å². The fourth-order valence-electron chi connectivity index (χ4n) is 2.81. The number of aromatic amines is 1. The third-order valence-corrected chi connectivity index (χ3v) is 6.61. The number of carbonyl (C=O) groups excluding carboxylic acids is 1. The second kappa shape index (κ2) is 6.26. The van der Waals surface area contributed by atoms with Crippen LogP contribution in [0.2, 0.25) is 0 Å². The number of pyridine rings is 1. The Morgan fingerprint density at radius 3 is 2.37 bits per heavy atom. The molecule has 1 atom stereocenters. The summed E-state index contributed by atoms with van der Waals surface area (Å²) in [6.07, 6.45) is 0.822. The van der Waals surface area contributed by atoms with Gasteiger partial charge in [0.1, 0.15) is 5.56 Å². The number of halogens is 2. The highest BCUT2D eigenvalue weighted by Crippen LogP contribution is 2.61. The van der Waals surface area contributed by atoms with Crippen LogP contribution in [0.4, 0.5) is 14.5 Å². The lowest BCUT2D eigenvalue weighted by atomic mass is 9.97. The summed E-state index contributed by atoms with van der Waals surface area (Å²) in [7, 11) is -3.59. The van der Waals surface area contributed by atoms with Gasteiger partial charge < -0.3 is 10.3 Å². The molecule has 0 radical (unpaired) electrons. The Bertz CT molecular complexity index is 1060. The van der Waals surface area contributed by atoms with Gasteiger partial charge in [-0.2, -0.15) is 0 Å². The molecular weight excluding hydrogens is 378 g/mol. The van der Waals surface area contributed by atoms with Crippen molar-refractivity contribution in [2.75, 3.05) is 11.1 Å². The molecule has 1 aromatic carbocycles. The minimum Gasteiger partial charge on any atom is -0.327 e. The molecule has 1 aliphatic carbocycles. The Morgan fingerprint density at radius 1 is 1.26 bits per heavy atom. The van der Waals surface area contributed by atoms with Gasteiger partial charge in [0, 0.05) is 18.3 Å². The van der Waals surface area contributed by atoms with E-state index in [1.165, 1.54) is 38.1 Å². The van der Waals surface area contributed by atoms with E-state index in [9.17, 15) is 26.8 Å². The van der Waals surface area contributed by atoms with Crippen LogP contribution in [0.5, 0.6) is 0 Å². The van der Waals surface area contributed by atoms with Gasteiger partial charge in [-0.3, -0.25) is 9.59 Å². The first-order valence-electron chi connectivity index (χ1n) is 8.25. The lowest BCUT2D eigenvalue weighted by Gasteiger charge is -2.12. The molecule has 6 nitrogen and oxygen atoms in total. The first kappa shape index (κ1) is 19.2. The average Bonchev–Trinajstić information content (AvgIpc) is 3.14. The molecule has 3 rings (SSSR count). The normalized spacial score (nSPS) is 20.9. The maximum atomic E-state index is 13.4. The molecule has 0 spiro atoms. The standard InChI is InChI=1S/C18H18F2N2O4S/c1-3-27(25,26)13-8-14(15(23)21-9-13)16(24)22-12-6-4-11(5-7-12)17(2)10-18(17,19)20/h4-9H,3,10H2,1-2H3,(H,21,23)(H,22,24). The van der Waals surface area contributed by atoms with Gasteiger partial charge in [0.15, 0.2) is 9.84 Å². The molecule has 1 saturated carbocycles. The predicted octanol–water partition coefficient (Wildman–Crippen LogP) is 2.72. The number of rotatable bonds is 5. The van der Waals surface area contributed by atoms with Crippen LogP contribution in [0, 0.1) is 0 Å². The molecule has 1 aliphatic rings. The van der Waals surface area contributed by atoms with Gasteiger partial charge in [-0.05, 0) is 30.7 Å². The molecule has 2 aromatic rings. The maximum absolute atomic E-state index is 13.4. The third kappa shape index (κ3) is 3.39. The summed E-state index contributed by atoms with van der Waals surface area (Å²) >= 11 is 0. The van der Waals surface area contributed by atoms with Crippen molar-refractivity contribution in [1.82, 2.24) is 4.98 Å². The zero-order valence-corrected chi connectivity index (χ0v) is 15.5. The zero-order chi connectivity index (χ0) is 20.0. The summed E-state index contributed by atoms with van der Waals surface area (Å²) < 4.78 is 50.7. The summed E-state index contributed by atoms with van der Waals surface area (Å²) in [5.41, 5.74) is -1.52. The Balaban J connectivity index is 1.82. The number of aromatic nitrogens is 1. The van der Waals surface area contributed by atoms with E-state index in [0.717, 1.165) is 12.3 Å². The van der Waals surface area contributed by atoms with E-state index in [1.54, 1.807) is 0 Å². The van der Waals surface area contributed by atoms with E-state index in [4.69, 9.17) is 0 Å². The predicted molar refractivity (Wildman–Crippen MR) is 96.1 cm³/mol. The summed E-state index contributed by atoms with van der Waals surface area (Å²) in [6.45, 7) is 2.92. The highest BCUT2D eigenvalue weighted by Gasteiger charge is 2.68. The van der Waals surface area contributed by atoms with Crippen molar-refractivity contribution in [2.45, 2.75) is 36.5 Å². The molecule has 1 amide bonds. The number of benzene rings is 1. The average molecular weight is 396 g/mol. The largest absolute Gasteiger partial charge is 0.327 e. The van der Waals surface area contributed by atoms with Gasteiger partial charge in [-0.25, -0.2) is 17.2 Å². The second-order valence-electron chi connectivity index (χ2n) is 6.73. The molecule has 1 unspecified atom stereocenters. The molecule has 0 aliphatic heterocycles. The lowest BCUT2D eigenvalue weighted by molar-refractivity contribution is 0.0919. The van der Waals surface area contributed by atoms with Crippen molar-refractivity contribution in [3.63, 3.8) is 0 Å². The van der Waals surface area contributed by atoms with E-state index < -0.39 is 32.6 Å². The molecule has 1 heterocycles. The van der Waals surface area contributed by atoms with Gasteiger partial charge >= 0.3 is 0 Å². The van der Waals surface area contributed by atoms with Gasteiger partial charge in [0.05, 0.1) is 16.1 Å². The Hall–Kier alpha value is -2.55. The fourth-order valence-corrected chi connectivity index (χ4v) is 3.68. The minimum absolute atomic E-state index is 0.158. The first-order chi connectivity index (χ1) is 12.5. The van der Waals surface area contributed by atoms with Crippen LogP contribution < -0.4 is 10.9 Å². The van der Waals surface area contributed by atoms with Crippen LogP contribution in [-0.2, 0) is 15.3 Å². The molecule has 0 bridgehead atoms. The molecule has 9 heteroatoms. The van der Waals surface area contributed by atoms with Crippen molar-refractivity contribution in [3.05, 3.63) is 58.0 Å². The minimum atomic E-state index is -3.59. The van der Waals surface area contributed by atoms with Crippen molar-refractivity contribution >= 4 is 21.4 Å². The summed E-state index contributed by atoms with van der Waals surface area (Å²) in [6, 6.07) is 6.95. The van der Waals surface area contributed by atoms with E-state index in [1.807, 2.05) is 0 Å². The van der Waals surface area contributed by atoms with Crippen molar-refractivity contribution in [1.29, 1.82) is 0 Å². The molecule has 27 heavy (non-hydrogen) atoms. The fraction of sp³-hybridized carbons (Fsp3) is 0.333.